The topological polar surface area (TPSA) is 72.2 Å². The van der Waals surface area contributed by atoms with Crippen molar-refractivity contribution in [2.24, 2.45) is 5.92 Å². The zero-order valence-corrected chi connectivity index (χ0v) is 11.8. The number of nitrogens with zero attached hydrogens (tertiary/aromatic N) is 1. The van der Waals surface area contributed by atoms with Gasteiger partial charge in [0.1, 0.15) is 0 Å². The quantitative estimate of drug-likeness (QED) is 0.472. The minimum atomic E-state index is -0.457. The van der Waals surface area contributed by atoms with E-state index in [1.807, 2.05) is 0 Å². The molecule has 0 unspecified atom stereocenters. The van der Waals surface area contributed by atoms with Gasteiger partial charge in [-0.3, -0.25) is 14.9 Å². The molecule has 0 aliphatic carbocycles. The average Bonchev–Trinajstić information content (AvgIpc) is 2.46. The second-order valence-corrected chi connectivity index (χ2v) is 4.58. The Labute approximate surface area is 118 Å². The molecule has 0 bridgehead atoms. The molecule has 5 heteroatoms. The summed E-state index contributed by atoms with van der Waals surface area (Å²) in [5.74, 6) is 0.244. The summed E-state index contributed by atoms with van der Waals surface area (Å²) in [7, 11) is 0. The molecule has 0 spiro atoms. The van der Waals surface area contributed by atoms with Crippen molar-refractivity contribution in [3.63, 3.8) is 0 Å². The molecule has 0 saturated heterocycles. The molecule has 0 aliphatic rings. The van der Waals surface area contributed by atoms with E-state index in [1.54, 1.807) is 18.2 Å². The third-order valence-corrected chi connectivity index (χ3v) is 3.27. The van der Waals surface area contributed by atoms with E-state index < -0.39 is 4.92 Å². The number of hydrogen-bond donors (Lipinski definition) is 1. The Morgan fingerprint density at radius 2 is 2.00 bits per heavy atom. The second kappa shape index (κ2) is 8.09. The molecular formula is C15H20N2O3. The van der Waals surface area contributed by atoms with Crippen molar-refractivity contribution >= 4 is 17.7 Å². The van der Waals surface area contributed by atoms with Crippen LogP contribution in [-0.4, -0.2) is 17.4 Å². The van der Waals surface area contributed by atoms with Crippen molar-refractivity contribution in [3.8, 4) is 0 Å². The summed E-state index contributed by atoms with van der Waals surface area (Å²) in [5, 5.41) is 13.6. The van der Waals surface area contributed by atoms with Crippen LogP contribution in [0.4, 0.5) is 5.69 Å². The van der Waals surface area contributed by atoms with Gasteiger partial charge in [0.15, 0.2) is 0 Å². The van der Waals surface area contributed by atoms with Gasteiger partial charge in [-0.25, -0.2) is 0 Å². The highest BCUT2D eigenvalue weighted by Gasteiger charge is 2.10. The molecule has 5 nitrogen and oxygen atoms in total. The van der Waals surface area contributed by atoms with Crippen molar-refractivity contribution in [1.29, 1.82) is 0 Å². The Kier molecular flexibility index (Phi) is 6.43. The predicted octanol–water partition coefficient (Wildman–Crippen LogP) is 3.16. The molecule has 0 heterocycles. The monoisotopic (exact) mass is 276 g/mol. The summed E-state index contributed by atoms with van der Waals surface area (Å²) in [6.45, 7) is 4.81. The van der Waals surface area contributed by atoms with Gasteiger partial charge in [-0.15, -0.1) is 0 Å². The van der Waals surface area contributed by atoms with E-state index >= 15 is 0 Å². The summed E-state index contributed by atoms with van der Waals surface area (Å²) in [6.07, 6.45) is 4.85. The minimum Gasteiger partial charge on any atom is -0.352 e. The van der Waals surface area contributed by atoms with E-state index in [0.29, 0.717) is 18.0 Å². The van der Waals surface area contributed by atoms with E-state index in [1.165, 1.54) is 18.2 Å². The van der Waals surface area contributed by atoms with Crippen LogP contribution in [0.2, 0.25) is 0 Å². The maximum absolute atomic E-state index is 11.7. The van der Waals surface area contributed by atoms with Gasteiger partial charge in [0.05, 0.1) is 10.5 Å². The first kappa shape index (κ1) is 15.9. The first-order valence-corrected chi connectivity index (χ1v) is 6.77. The summed E-state index contributed by atoms with van der Waals surface area (Å²) >= 11 is 0. The van der Waals surface area contributed by atoms with Crippen LogP contribution in [0.15, 0.2) is 30.3 Å². The maximum atomic E-state index is 11.7. The summed E-state index contributed by atoms with van der Waals surface area (Å²) in [5.41, 5.74) is 0.423. The van der Waals surface area contributed by atoms with E-state index in [0.717, 1.165) is 12.8 Å². The number of carbonyl (C=O) groups excluding carboxylic acids is 1. The molecule has 1 aromatic rings. The summed E-state index contributed by atoms with van der Waals surface area (Å²) < 4.78 is 0. The number of amides is 1. The van der Waals surface area contributed by atoms with Gasteiger partial charge in [0.2, 0.25) is 5.91 Å². The lowest BCUT2D eigenvalue weighted by Gasteiger charge is -2.11. The highest BCUT2D eigenvalue weighted by atomic mass is 16.6. The molecule has 0 saturated carbocycles. The summed E-state index contributed by atoms with van der Waals surface area (Å²) in [4.78, 5) is 22.0. The fourth-order valence-corrected chi connectivity index (χ4v) is 1.84. The lowest BCUT2D eigenvalue weighted by atomic mass is 10.0. The van der Waals surface area contributed by atoms with E-state index in [4.69, 9.17) is 0 Å². The largest absolute Gasteiger partial charge is 0.352 e. The van der Waals surface area contributed by atoms with E-state index in [2.05, 4.69) is 19.2 Å². The van der Waals surface area contributed by atoms with Gasteiger partial charge < -0.3 is 5.32 Å². The standard InChI is InChI=1S/C15H20N2O3/c1-3-12(4-2)11-16-15(18)10-9-13-7-5-6-8-14(13)17(19)20/h5-10,12H,3-4,11H2,1-2H3,(H,16,18). The summed E-state index contributed by atoms with van der Waals surface area (Å²) in [6, 6.07) is 6.34. The first-order chi connectivity index (χ1) is 9.58. The maximum Gasteiger partial charge on any atom is 0.276 e. The lowest BCUT2D eigenvalue weighted by molar-refractivity contribution is -0.385. The van der Waals surface area contributed by atoms with Gasteiger partial charge >= 0.3 is 0 Å². The molecular weight excluding hydrogens is 256 g/mol. The van der Waals surface area contributed by atoms with Crippen LogP contribution in [0.5, 0.6) is 0 Å². The van der Waals surface area contributed by atoms with Crippen molar-refractivity contribution in [2.75, 3.05) is 6.54 Å². The predicted molar refractivity (Wildman–Crippen MR) is 79.2 cm³/mol. The zero-order chi connectivity index (χ0) is 15.0. The number of hydrogen-bond acceptors (Lipinski definition) is 3. The molecule has 0 atom stereocenters. The SMILES string of the molecule is CCC(CC)CNC(=O)C=Cc1ccccc1[N+](=O)[O-]. The smallest absolute Gasteiger partial charge is 0.276 e. The van der Waals surface area contributed by atoms with Crippen LogP contribution in [0.25, 0.3) is 6.08 Å². The van der Waals surface area contributed by atoms with Gasteiger partial charge in [0, 0.05) is 18.7 Å². The van der Waals surface area contributed by atoms with Crippen LogP contribution in [0, 0.1) is 16.0 Å². The molecule has 108 valence electrons. The molecule has 0 fully saturated rings. The van der Waals surface area contributed by atoms with Crippen LogP contribution in [0.3, 0.4) is 0 Å². The minimum absolute atomic E-state index is 0.00320. The molecule has 1 amide bonds. The van der Waals surface area contributed by atoms with Gasteiger partial charge in [-0.1, -0.05) is 38.8 Å². The fourth-order valence-electron chi connectivity index (χ4n) is 1.84. The van der Waals surface area contributed by atoms with Crippen LogP contribution < -0.4 is 5.32 Å². The molecule has 1 N–H and O–H groups in total. The van der Waals surface area contributed by atoms with E-state index in [9.17, 15) is 14.9 Å². The van der Waals surface area contributed by atoms with Crippen LogP contribution in [0.1, 0.15) is 32.3 Å². The Morgan fingerprint density at radius 1 is 1.35 bits per heavy atom. The third-order valence-electron chi connectivity index (χ3n) is 3.27. The van der Waals surface area contributed by atoms with Crippen LogP contribution in [-0.2, 0) is 4.79 Å². The first-order valence-electron chi connectivity index (χ1n) is 6.77. The number of rotatable bonds is 7. The highest BCUT2D eigenvalue weighted by Crippen LogP contribution is 2.18. The van der Waals surface area contributed by atoms with Crippen molar-refractivity contribution in [2.45, 2.75) is 26.7 Å². The van der Waals surface area contributed by atoms with Gasteiger partial charge in [0.25, 0.3) is 5.69 Å². The fraction of sp³-hybridized carbons (Fsp3) is 0.400. The molecule has 0 aromatic heterocycles. The van der Waals surface area contributed by atoms with E-state index in [-0.39, 0.29) is 11.6 Å². The molecule has 1 aromatic carbocycles. The van der Waals surface area contributed by atoms with Crippen molar-refractivity contribution in [1.82, 2.24) is 5.32 Å². The number of nitro groups is 1. The number of para-hydroxylation sites is 1. The zero-order valence-electron chi connectivity index (χ0n) is 11.8. The number of carbonyl (C=O) groups is 1. The second-order valence-electron chi connectivity index (χ2n) is 4.58. The van der Waals surface area contributed by atoms with Gasteiger partial charge in [-0.05, 0) is 18.1 Å². The molecule has 0 radical (unpaired) electrons. The average molecular weight is 276 g/mol. The van der Waals surface area contributed by atoms with Crippen LogP contribution >= 0.6 is 0 Å². The normalized spacial score (nSPS) is 10.9. The van der Waals surface area contributed by atoms with Crippen molar-refractivity contribution < 1.29 is 9.72 Å². The number of benzene rings is 1. The third kappa shape index (κ3) is 4.84. The highest BCUT2D eigenvalue weighted by molar-refractivity contribution is 5.92. The Bertz CT molecular complexity index is 494. The van der Waals surface area contributed by atoms with Gasteiger partial charge in [-0.2, -0.15) is 0 Å². The van der Waals surface area contributed by atoms with Crippen molar-refractivity contribution in [3.05, 3.63) is 46.0 Å². The molecule has 1 rings (SSSR count). The number of nitro benzene ring substituents is 1. The Hall–Kier alpha value is -2.17. The lowest BCUT2D eigenvalue weighted by Crippen LogP contribution is -2.27. The molecule has 20 heavy (non-hydrogen) atoms. The number of nitrogens with one attached hydrogen (secondary N) is 1. The molecule has 0 aliphatic heterocycles. The Morgan fingerprint density at radius 3 is 2.60 bits per heavy atom. The Balaban J connectivity index is 2.64.